The van der Waals surface area contributed by atoms with E-state index in [0.717, 1.165) is 11.3 Å². The molecule has 3 heteroatoms. The van der Waals surface area contributed by atoms with Gasteiger partial charge in [-0.15, -0.1) is 0 Å². The normalized spacial score (nSPS) is 11.0. The number of para-hydroxylation sites is 1. The van der Waals surface area contributed by atoms with Crippen LogP contribution in [0.1, 0.15) is 19.4 Å². The van der Waals surface area contributed by atoms with Crippen LogP contribution in [0.4, 0.5) is 10.5 Å². The number of hydrogen-bond acceptors (Lipinski definition) is 2. The first-order chi connectivity index (χ1) is 7.13. The van der Waals surface area contributed by atoms with Crippen LogP contribution >= 0.6 is 0 Å². The second-order valence-electron chi connectivity index (χ2n) is 3.23. The molecule has 0 aliphatic carbocycles. The van der Waals surface area contributed by atoms with Gasteiger partial charge < -0.3 is 4.74 Å². The van der Waals surface area contributed by atoms with E-state index in [0.29, 0.717) is 5.76 Å². The minimum Gasteiger partial charge on any atom is -0.415 e. The quantitative estimate of drug-likeness (QED) is 0.751. The highest BCUT2D eigenvalue weighted by Crippen LogP contribution is 2.13. The van der Waals surface area contributed by atoms with Gasteiger partial charge in [-0.25, -0.2) is 4.79 Å². The summed E-state index contributed by atoms with van der Waals surface area (Å²) in [6, 6.07) is 7.55. The maximum Gasteiger partial charge on any atom is 0.416 e. The molecule has 0 unspecified atom stereocenters. The number of anilines is 1. The molecule has 0 spiro atoms. The standard InChI is InChI=1S/C12H15NO2/c1-4-10(3)15-12(14)13-11-8-6-5-7-9(11)2/h4-8H,1-3H3,(H,13,14). The molecule has 0 bridgehead atoms. The molecule has 0 fully saturated rings. The Hall–Kier alpha value is -1.77. The second-order valence-corrected chi connectivity index (χ2v) is 3.23. The molecule has 3 nitrogen and oxygen atoms in total. The van der Waals surface area contributed by atoms with Gasteiger partial charge >= 0.3 is 6.09 Å². The van der Waals surface area contributed by atoms with Crippen molar-refractivity contribution < 1.29 is 9.53 Å². The Balaban J connectivity index is 2.63. The summed E-state index contributed by atoms with van der Waals surface area (Å²) in [7, 11) is 0. The zero-order valence-electron chi connectivity index (χ0n) is 9.20. The predicted molar refractivity (Wildman–Crippen MR) is 60.7 cm³/mol. The molecule has 0 atom stereocenters. The monoisotopic (exact) mass is 205 g/mol. The van der Waals surface area contributed by atoms with Crippen LogP contribution < -0.4 is 5.32 Å². The topological polar surface area (TPSA) is 38.3 Å². The SMILES string of the molecule is CC=C(C)OC(=O)Nc1ccccc1C. The van der Waals surface area contributed by atoms with E-state index in [2.05, 4.69) is 5.32 Å². The molecule has 0 aliphatic heterocycles. The lowest BCUT2D eigenvalue weighted by atomic mass is 10.2. The first-order valence-corrected chi connectivity index (χ1v) is 4.81. The molecule has 1 aromatic carbocycles. The third-order valence-corrected chi connectivity index (χ3v) is 2.04. The van der Waals surface area contributed by atoms with E-state index in [1.807, 2.05) is 38.1 Å². The number of allylic oxidation sites excluding steroid dienone is 2. The van der Waals surface area contributed by atoms with E-state index in [1.165, 1.54) is 0 Å². The Bertz CT molecular complexity index is 383. The molecule has 0 heterocycles. The number of benzene rings is 1. The summed E-state index contributed by atoms with van der Waals surface area (Å²) in [6.07, 6.45) is 1.28. The third kappa shape index (κ3) is 3.46. The lowest BCUT2D eigenvalue weighted by molar-refractivity contribution is 0.191. The summed E-state index contributed by atoms with van der Waals surface area (Å²) in [5.74, 6) is 0.584. The fourth-order valence-electron chi connectivity index (χ4n) is 1.05. The highest BCUT2D eigenvalue weighted by Gasteiger charge is 2.04. The van der Waals surface area contributed by atoms with Crippen molar-refractivity contribution in [2.75, 3.05) is 5.32 Å². The van der Waals surface area contributed by atoms with Crippen LogP contribution in [0.2, 0.25) is 0 Å². The maximum absolute atomic E-state index is 11.4. The molecule has 0 radical (unpaired) electrons. The van der Waals surface area contributed by atoms with E-state index >= 15 is 0 Å². The Morgan fingerprint density at radius 2 is 2.07 bits per heavy atom. The fraction of sp³-hybridized carbons (Fsp3) is 0.250. The van der Waals surface area contributed by atoms with Gasteiger partial charge in [-0.2, -0.15) is 0 Å². The third-order valence-electron chi connectivity index (χ3n) is 2.04. The smallest absolute Gasteiger partial charge is 0.415 e. The van der Waals surface area contributed by atoms with E-state index < -0.39 is 6.09 Å². The Kier molecular flexibility index (Phi) is 3.92. The number of carbonyl (C=O) groups excluding carboxylic acids is 1. The van der Waals surface area contributed by atoms with Crippen LogP contribution in [0.3, 0.4) is 0 Å². The number of carbonyl (C=O) groups is 1. The number of aryl methyl sites for hydroxylation is 1. The average Bonchev–Trinajstić information content (AvgIpc) is 2.21. The Morgan fingerprint density at radius 3 is 2.67 bits per heavy atom. The molecule has 0 saturated heterocycles. The van der Waals surface area contributed by atoms with Gasteiger partial charge in [-0.1, -0.05) is 18.2 Å². The molecule has 15 heavy (non-hydrogen) atoms. The average molecular weight is 205 g/mol. The zero-order valence-corrected chi connectivity index (χ0v) is 9.20. The number of rotatable bonds is 2. The fourth-order valence-corrected chi connectivity index (χ4v) is 1.05. The van der Waals surface area contributed by atoms with Gasteiger partial charge in [-0.3, -0.25) is 5.32 Å². The van der Waals surface area contributed by atoms with Gasteiger partial charge in [0.25, 0.3) is 0 Å². The summed E-state index contributed by atoms with van der Waals surface area (Å²) in [6.45, 7) is 5.48. The minimum atomic E-state index is -0.458. The molecular weight excluding hydrogens is 190 g/mol. The van der Waals surface area contributed by atoms with Crippen molar-refractivity contribution in [2.24, 2.45) is 0 Å². The Morgan fingerprint density at radius 1 is 1.40 bits per heavy atom. The van der Waals surface area contributed by atoms with Crippen molar-refractivity contribution in [3.63, 3.8) is 0 Å². The lowest BCUT2D eigenvalue weighted by Crippen LogP contribution is -2.13. The first-order valence-electron chi connectivity index (χ1n) is 4.81. The lowest BCUT2D eigenvalue weighted by Gasteiger charge is -2.08. The van der Waals surface area contributed by atoms with Gasteiger partial charge in [0.1, 0.15) is 5.76 Å². The molecule has 1 N–H and O–H groups in total. The molecule has 80 valence electrons. The summed E-state index contributed by atoms with van der Waals surface area (Å²) >= 11 is 0. The van der Waals surface area contributed by atoms with Crippen LogP contribution in [0.15, 0.2) is 36.1 Å². The van der Waals surface area contributed by atoms with E-state index in [1.54, 1.807) is 13.0 Å². The molecular formula is C12H15NO2. The van der Waals surface area contributed by atoms with Crippen molar-refractivity contribution in [3.05, 3.63) is 41.7 Å². The number of ether oxygens (including phenoxy) is 1. The summed E-state index contributed by atoms with van der Waals surface area (Å²) < 4.78 is 4.97. The van der Waals surface area contributed by atoms with Crippen molar-refractivity contribution in [1.29, 1.82) is 0 Å². The van der Waals surface area contributed by atoms with Crippen LogP contribution in [-0.4, -0.2) is 6.09 Å². The van der Waals surface area contributed by atoms with Crippen LogP contribution in [-0.2, 0) is 4.74 Å². The van der Waals surface area contributed by atoms with Gasteiger partial charge in [0.2, 0.25) is 0 Å². The van der Waals surface area contributed by atoms with E-state index in [9.17, 15) is 4.79 Å². The molecule has 1 amide bonds. The van der Waals surface area contributed by atoms with Crippen molar-refractivity contribution >= 4 is 11.8 Å². The van der Waals surface area contributed by atoms with Gasteiger partial charge in [0.05, 0.1) is 0 Å². The predicted octanol–water partition coefficient (Wildman–Crippen LogP) is 3.47. The summed E-state index contributed by atoms with van der Waals surface area (Å²) in [4.78, 5) is 11.4. The van der Waals surface area contributed by atoms with Crippen LogP contribution in [0.5, 0.6) is 0 Å². The highest BCUT2D eigenvalue weighted by atomic mass is 16.6. The Labute approximate surface area is 89.8 Å². The number of hydrogen-bond donors (Lipinski definition) is 1. The number of nitrogens with one attached hydrogen (secondary N) is 1. The van der Waals surface area contributed by atoms with Crippen LogP contribution in [0.25, 0.3) is 0 Å². The van der Waals surface area contributed by atoms with E-state index in [-0.39, 0.29) is 0 Å². The molecule has 1 aromatic rings. The van der Waals surface area contributed by atoms with E-state index in [4.69, 9.17) is 4.74 Å². The highest BCUT2D eigenvalue weighted by molar-refractivity contribution is 5.86. The van der Waals surface area contributed by atoms with Crippen molar-refractivity contribution in [2.45, 2.75) is 20.8 Å². The van der Waals surface area contributed by atoms with Crippen LogP contribution in [0, 0.1) is 6.92 Å². The molecule has 0 aliphatic rings. The molecule has 0 saturated carbocycles. The number of amides is 1. The summed E-state index contributed by atoms with van der Waals surface area (Å²) in [5, 5.41) is 2.67. The first kappa shape index (κ1) is 11.3. The van der Waals surface area contributed by atoms with Crippen molar-refractivity contribution in [1.82, 2.24) is 0 Å². The van der Waals surface area contributed by atoms with Gasteiger partial charge in [0.15, 0.2) is 0 Å². The second kappa shape index (κ2) is 5.20. The largest absolute Gasteiger partial charge is 0.416 e. The van der Waals surface area contributed by atoms with Crippen molar-refractivity contribution in [3.8, 4) is 0 Å². The summed E-state index contributed by atoms with van der Waals surface area (Å²) in [5.41, 5.74) is 1.78. The molecule has 1 rings (SSSR count). The van der Waals surface area contributed by atoms with Gasteiger partial charge in [0, 0.05) is 5.69 Å². The zero-order chi connectivity index (χ0) is 11.3. The molecule has 0 aromatic heterocycles. The minimum absolute atomic E-state index is 0.458. The van der Waals surface area contributed by atoms with Gasteiger partial charge in [-0.05, 0) is 38.5 Å². The maximum atomic E-state index is 11.4.